The normalized spacial score (nSPS) is 10.1. The third-order valence-electron chi connectivity index (χ3n) is 2.58. The molecule has 0 saturated carbocycles. The molecule has 3 N–H and O–H groups in total. The lowest BCUT2D eigenvalue weighted by atomic mass is 10.1. The van der Waals surface area contributed by atoms with E-state index in [4.69, 9.17) is 15.2 Å². The summed E-state index contributed by atoms with van der Waals surface area (Å²) in [5.74, 6) is -0.678. The lowest BCUT2D eigenvalue weighted by molar-refractivity contribution is -0.121. The molecule has 2 rings (SSSR count). The van der Waals surface area contributed by atoms with Crippen LogP contribution in [0.2, 0.25) is 0 Å². The smallest absolute Gasteiger partial charge is 0.342 e. The van der Waals surface area contributed by atoms with E-state index in [1.165, 1.54) is 6.20 Å². The van der Waals surface area contributed by atoms with Gasteiger partial charge in [0.25, 0.3) is 5.91 Å². The van der Waals surface area contributed by atoms with Gasteiger partial charge in [-0.25, -0.2) is 4.79 Å². The molecule has 1 amide bonds. The van der Waals surface area contributed by atoms with Gasteiger partial charge in [-0.2, -0.15) is 5.10 Å². The van der Waals surface area contributed by atoms with Crippen molar-refractivity contribution in [2.75, 3.05) is 13.7 Å². The van der Waals surface area contributed by atoms with E-state index >= 15 is 0 Å². The zero-order valence-electron chi connectivity index (χ0n) is 10.8. The quantitative estimate of drug-likeness (QED) is 0.782. The lowest BCUT2D eigenvalue weighted by Crippen LogP contribution is -2.21. The second kappa shape index (κ2) is 5.87. The number of esters is 1. The van der Waals surface area contributed by atoms with Crippen LogP contribution in [-0.4, -0.2) is 35.8 Å². The van der Waals surface area contributed by atoms with E-state index < -0.39 is 18.5 Å². The number of ether oxygens (including phenoxy) is 2. The highest BCUT2D eigenvalue weighted by atomic mass is 16.5. The number of nitrogens with zero attached hydrogens (tertiary/aromatic N) is 1. The van der Waals surface area contributed by atoms with E-state index in [1.54, 1.807) is 31.4 Å². The summed E-state index contributed by atoms with van der Waals surface area (Å²) in [4.78, 5) is 22.4. The number of hydrogen-bond donors (Lipinski definition) is 2. The molecule has 0 fully saturated rings. The largest absolute Gasteiger partial charge is 0.497 e. The number of nitrogens with two attached hydrogens (primary N) is 1. The predicted molar refractivity (Wildman–Crippen MR) is 70.1 cm³/mol. The van der Waals surface area contributed by atoms with Gasteiger partial charge in [0.2, 0.25) is 0 Å². The number of methoxy groups -OCH3 is 1. The molecule has 0 aliphatic heterocycles. The van der Waals surface area contributed by atoms with Crippen molar-refractivity contribution in [2.45, 2.75) is 0 Å². The number of aromatic amines is 1. The van der Waals surface area contributed by atoms with Gasteiger partial charge < -0.3 is 15.2 Å². The molecule has 0 saturated heterocycles. The molecule has 20 heavy (non-hydrogen) atoms. The first-order valence-corrected chi connectivity index (χ1v) is 5.75. The number of aromatic nitrogens is 2. The van der Waals surface area contributed by atoms with Crippen molar-refractivity contribution in [3.05, 3.63) is 36.0 Å². The topological polar surface area (TPSA) is 107 Å². The number of benzene rings is 1. The zero-order chi connectivity index (χ0) is 14.5. The van der Waals surface area contributed by atoms with E-state index in [0.29, 0.717) is 11.4 Å². The maximum absolute atomic E-state index is 11.8. The Bertz CT molecular complexity index is 619. The highest BCUT2D eigenvalue weighted by Crippen LogP contribution is 2.24. The zero-order valence-corrected chi connectivity index (χ0v) is 10.8. The summed E-state index contributed by atoms with van der Waals surface area (Å²) in [6.07, 6.45) is 1.34. The van der Waals surface area contributed by atoms with Crippen molar-refractivity contribution < 1.29 is 19.1 Å². The van der Waals surface area contributed by atoms with Gasteiger partial charge in [0, 0.05) is 5.56 Å². The van der Waals surface area contributed by atoms with Crippen LogP contribution >= 0.6 is 0 Å². The summed E-state index contributed by atoms with van der Waals surface area (Å²) in [7, 11) is 1.57. The van der Waals surface area contributed by atoms with Crippen molar-refractivity contribution in [3.63, 3.8) is 0 Å². The Labute approximate surface area is 114 Å². The first-order valence-electron chi connectivity index (χ1n) is 5.75. The molecule has 7 nitrogen and oxygen atoms in total. The summed E-state index contributed by atoms with van der Waals surface area (Å²) >= 11 is 0. The minimum Gasteiger partial charge on any atom is -0.497 e. The summed E-state index contributed by atoms with van der Waals surface area (Å²) < 4.78 is 9.82. The second-order valence-electron chi connectivity index (χ2n) is 3.93. The number of hydrogen-bond acceptors (Lipinski definition) is 5. The molecule has 7 heteroatoms. The number of carbonyl (C=O) groups excluding carboxylic acids is 2. The SMILES string of the molecule is COc1ccc(-c2[nH]ncc2C(=O)OCC(N)=O)cc1. The van der Waals surface area contributed by atoms with Crippen LogP contribution in [0.25, 0.3) is 11.3 Å². The second-order valence-corrected chi connectivity index (χ2v) is 3.93. The van der Waals surface area contributed by atoms with Gasteiger partial charge in [-0.15, -0.1) is 0 Å². The third-order valence-corrected chi connectivity index (χ3v) is 2.58. The maximum atomic E-state index is 11.8. The number of amides is 1. The minimum absolute atomic E-state index is 0.233. The van der Waals surface area contributed by atoms with Crippen LogP contribution in [0.1, 0.15) is 10.4 Å². The van der Waals surface area contributed by atoms with E-state index in [0.717, 1.165) is 5.56 Å². The van der Waals surface area contributed by atoms with Gasteiger partial charge in [0.1, 0.15) is 11.3 Å². The number of primary amides is 1. The molecule has 0 atom stereocenters. The molecular weight excluding hydrogens is 262 g/mol. The van der Waals surface area contributed by atoms with Crippen LogP contribution in [0.5, 0.6) is 5.75 Å². The van der Waals surface area contributed by atoms with Gasteiger partial charge in [-0.05, 0) is 24.3 Å². The van der Waals surface area contributed by atoms with E-state index in [-0.39, 0.29) is 5.56 Å². The lowest BCUT2D eigenvalue weighted by Gasteiger charge is -2.05. The molecule has 0 aliphatic rings. The van der Waals surface area contributed by atoms with Crippen LogP contribution in [0.15, 0.2) is 30.5 Å². The molecule has 0 unspecified atom stereocenters. The van der Waals surface area contributed by atoms with Crippen molar-refractivity contribution in [3.8, 4) is 17.0 Å². The minimum atomic E-state index is -0.715. The Morgan fingerprint density at radius 2 is 2.00 bits per heavy atom. The molecule has 0 bridgehead atoms. The van der Waals surface area contributed by atoms with Crippen LogP contribution < -0.4 is 10.5 Å². The van der Waals surface area contributed by atoms with Gasteiger partial charge in [-0.3, -0.25) is 9.89 Å². The number of carbonyl (C=O) groups is 2. The first kappa shape index (κ1) is 13.6. The fraction of sp³-hybridized carbons (Fsp3) is 0.154. The predicted octanol–water partition coefficient (Wildman–Crippen LogP) is 0.727. The molecule has 0 spiro atoms. The van der Waals surface area contributed by atoms with Crippen LogP contribution in [0.3, 0.4) is 0 Å². The van der Waals surface area contributed by atoms with Gasteiger partial charge in [0.05, 0.1) is 19.0 Å². The van der Waals surface area contributed by atoms with Gasteiger partial charge in [0.15, 0.2) is 6.61 Å². The number of nitrogens with one attached hydrogen (secondary N) is 1. The molecule has 1 aromatic carbocycles. The summed E-state index contributed by atoms with van der Waals surface area (Å²) in [6.45, 7) is -0.466. The van der Waals surface area contributed by atoms with Crippen molar-refractivity contribution >= 4 is 11.9 Å². The standard InChI is InChI=1S/C13H13N3O4/c1-19-9-4-2-8(3-5-9)12-10(6-15-16-12)13(18)20-7-11(14)17/h2-6H,7H2,1H3,(H2,14,17)(H,15,16). The highest BCUT2D eigenvalue weighted by Gasteiger charge is 2.17. The maximum Gasteiger partial charge on any atom is 0.342 e. The Morgan fingerprint density at radius 1 is 1.30 bits per heavy atom. The van der Waals surface area contributed by atoms with Gasteiger partial charge >= 0.3 is 5.97 Å². The van der Waals surface area contributed by atoms with Gasteiger partial charge in [-0.1, -0.05) is 0 Å². The number of rotatable bonds is 5. The van der Waals surface area contributed by atoms with Crippen molar-refractivity contribution in [1.29, 1.82) is 0 Å². The molecule has 0 radical (unpaired) electrons. The first-order chi connectivity index (χ1) is 9.61. The fourth-order valence-corrected chi connectivity index (χ4v) is 1.63. The van der Waals surface area contributed by atoms with E-state index in [1.807, 2.05) is 0 Å². The summed E-state index contributed by atoms with van der Waals surface area (Å²) in [5.41, 5.74) is 6.40. The molecular formula is C13H13N3O4. The highest BCUT2D eigenvalue weighted by molar-refractivity contribution is 5.96. The van der Waals surface area contributed by atoms with Crippen LogP contribution in [0.4, 0.5) is 0 Å². The Hall–Kier alpha value is -2.83. The molecule has 1 heterocycles. The average Bonchev–Trinajstić information content (AvgIpc) is 2.94. The Balaban J connectivity index is 2.23. The third kappa shape index (κ3) is 2.94. The van der Waals surface area contributed by atoms with Crippen LogP contribution in [-0.2, 0) is 9.53 Å². The molecule has 104 valence electrons. The van der Waals surface area contributed by atoms with E-state index in [9.17, 15) is 9.59 Å². The van der Waals surface area contributed by atoms with Crippen LogP contribution in [0, 0.1) is 0 Å². The average molecular weight is 275 g/mol. The summed E-state index contributed by atoms with van der Waals surface area (Å²) in [5, 5.41) is 6.54. The van der Waals surface area contributed by atoms with E-state index in [2.05, 4.69) is 10.2 Å². The monoisotopic (exact) mass is 275 g/mol. The van der Waals surface area contributed by atoms with Crippen molar-refractivity contribution in [1.82, 2.24) is 10.2 Å². The van der Waals surface area contributed by atoms with Crippen molar-refractivity contribution in [2.24, 2.45) is 5.73 Å². The Morgan fingerprint density at radius 3 is 2.60 bits per heavy atom. The number of H-pyrrole nitrogens is 1. The molecule has 2 aromatic rings. The summed E-state index contributed by atoms with van der Waals surface area (Å²) in [6, 6.07) is 7.07. The fourth-order valence-electron chi connectivity index (χ4n) is 1.63. The Kier molecular flexibility index (Phi) is 3.99. The molecule has 1 aromatic heterocycles. The molecule has 0 aliphatic carbocycles.